The van der Waals surface area contributed by atoms with Crippen LogP contribution >= 0.6 is 0 Å². The van der Waals surface area contributed by atoms with Gasteiger partial charge in [0.15, 0.2) is 5.82 Å². The van der Waals surface area contributed by atoms with Crippen molar-refractivity contribution in [3.8, 4) is 11.4 Å². The van der Waals surface area contributed by atoms with Crippen LogP contribution in [0, 0.1) is 20.8 Å². The van der Waals surface area contributed by atoms with Crippen LogP contribution in [-0.2, 0) is 11.2 Å². The number of hydrogen-bond acceptors (Lipinski definition) is 4. The van der Waals surface area contributed by atoms with Crippen molar-refractivity contribution in [2.75, 3.05) is 0 Å². The van der Waals surface area contributed by atoms with Crippen molar-refractivity contribution < 1.29 is 9.90 Å². The minimum Gasteiger partial charge on any atom is -0.481 e. The Bertz CT molecular complexity index is 883. The van der Waals surface area contributed by atoms with Gasteiger partial charge in [-0.2, -0.15) is 4.98 Å². The van der Waals surface area contributed by atoms with Gasteiger partial charge in [-0.1, -0.05) is 24.3 Å². The molecule has 6 nitrogen and oxygen atoms in total. The number of nitrogens with zero attached hydrogens (tertiary/aromatic N) is 4. The highest BCUT2D eigenvalue weighted by Crippen LogP contribution is 2.22. The molecule has 0 radical (unpaired) electrons. The highest BCUT2D eigenvalue weighted by molar-refractivity contribution is 5.71. The Morgan fingerprint density at radius 1 is 1.18 bits per heavy atom. The molecule has 6 heteroatoms. The van der Waals surface area contributed by atoms with E-state index in [4.69, 9.17) is 5.11 Å². The third-order valence-electron chi connectivity index (χ3n) is 3.76. The molecule has 0 amide bonds. The predicted octanol–water partition coefficient (Wildman–Crippen LogP) is 2.34. The third kappa shape index (κ3) is 2.32. The summed E-state index contributed by atoms with van der Waals surface area (Å²) in [5.41, 5.74) is 4.15. The molecule has 0 aliphatic heterocycles. The van der Waals surface area contributed by atoms with Crippen LogP contribution in [-0.4, -0.2) is 30.7 Å². The average Bonchev–Trinajstić information content (AvgIpc) is 2.87. The number of hydrogen-bond donors (Lipinski definition) is 1. The smallest absolute Gasteiger partial charge is 0.307 e. The molecular formula is C16H16N4O2. The number of carbonyl (C=O) groups is 1. The van der Waals surface area contributed by atoms with Gasteiger partial charge in [-0.25, -0.2) is 9.50 Å². The Balaban J connectivity index is 2.20. The van der Waals surface area contributed by atoms with E-state index in [0.717, 1.165) is 16.8 Å². The summed E-state index contributed by atoms with van der Waals surface area (Å²) < 4.78 is 1.62. The molecular weight excluding hydrogens is 280 g/mol. The summed E-state index contributed by atoms with van der Waals surface area (Å²) in [6.07, 6.45) is -0.0693. The molecule has 0 aliphatic carbocycles. The second-order valence-corrected chi connectivity index (χ2v) is 5.29. The van der Waals surface area contributed by atoms with Crippen molar-refractivity contribution in [2.45, 2.75) is 27.2 Å². The van der Waals surface area contributed by atoms with Gasteiger partial charge < -0.3 is 5.11 Å². The molecule has 0 unspecified atom stereocenters. The molecule has 2 heterocycles. The lowest BCUT2D eigenvalue weighted by Crippen LogP contribution is -2.10. The number of carboxylic acid groups (broad SMARTS) is 1. The maximum absolute atomic E-state index is 11.0. The zero-order valence-corrected chi connectivity index (χ0v) is 12.7. The van der Waals surface area contributed by atoms with E-state index in [1.165, 1.54) is 0 Å². The second kappa shape index (κ2) is 5.22. The van der Waals surface area contributed by atoms with Gasteiger partial charge in [0.05, 0.1) is 6.42 Å². The quantitative estimate of drug-likeness (QED) is 0.802. The van der Waals surface area contributed by atoms with Crippen LogP contribution in [0.2, 0.25) is 0 Å². The van der Waals surface area contributed by atoms with E-state index < -0.39 is 5.97 Å². The van der Waals surface area contributed by atoms with Gasteiger partial charge in [-0.05, 0) is 26.3 Å². The van der Waals surface area contributed by atoms with Crippen molar-refractivity contribution in [3.63, 3.8) is 0 Å². The van der Waals surface area contributed by atoms with E-state index in [1.807, 2.05) is 38.1 Å². The fourth-order valence-electron chi connectivity index (χ4n) is 2.55. The minimum atomic E-state index is -0.883. The average molecular weight is 296 g/mol. The van der Waals surface area contributed by atoms with Crippen LogP contribution in [0.4, 0.5) is 0 Å². The summed E-state index contributed by atoms with van der Waals surface area (Å²) in [4.78, 5) is 19.9. The first kappa shape index (κ1) is 14.2. The maximum Gasteiger partial charge on any atom is 0.307 e. The molecule has 0 bridgehead atoms. The Morgan fingerprint density at radius 3 is 2.59 bits per heavy atom. The molecule has 1 N–H and O–H groups in total. The molecule has 0 saturated carbocycles. The van der Waals surface area contributed by atoms with E-state index >= 15 is 0 Å². The van der Waals surface area contributed by atoms with Crippen LogP contribution in [0.25, 0.3) is 17.2 Å². The standard InChI is InChI=1S/C16H16N4O2/c1-9-6-4-5-7-12(9)15-18-16-17-10(2)13(8-14(21)22)11(3)20(16)19-15/h4-7H,8H2,1-3H3,(H,21,22). The summed E-state index contributed by atoms with van der Waals surface area (Å²) in [5.74, 6) is 0.203. The third-order valence-corrected chi connectivity index (χ3v) is 3.76. The first-order valence-electron chi connectivity index (χ1n) is 6.98. The van der Waals surface area contributed by atoms with Crippen molar-refractivity contribution in [3.05, 3.63) is 46.8 Å². The molecule has 0 fully saturated rings. The molecule has 3 aromatic rings. The van der Waals surface area contributed by atoms with Crippen molar-refractivity contribution in [2.24, 2.45) is 0 Å². The normalized spacial score (nSPS) is 11.0. The fraction of sp³-hybridized carbons (Fsp3) is 0.250. The van der Waals surface area contributed by atoms with Gasteiger partial charge in [0.2, 0.25) is 0 Å². The Labute approximate surface area is 127 Å². The highest BCUT2D eigenvalue weighted by Gasteiger charge is 2.16. The van der Waals surface area contributed by atoms with E-state index in [0.29, 0.717) is 22.9 Å². The predicted molar refractivity (Wildman–Crippen MR) is 81.8 cm³/mol. The minimum absolute atomic E-state index is 0.0693. The molecule has 1 aromatic carbocycles. The van der Waals surface area contributed by atoms with E-state index in [1.54, 1.807) is 11.4 Å². The molecule has 22 heavy (non-hydrogen) atoms. The maximum atomic E-state index is 11.0. The molecule has 0 saturated heterocycles. The first-order chi connectivity index (χ1) is 10.5. The summed E-state index contributed by atoms with van der Waals surface area (Å²) >= 11 is 0. The van der Waals surface area contributed by atoms with Crippen molar-refractivity contribution >= 4 is 11.7 Å². The van der Waals surface area contributed by atoms with Crippen LogP contribution in [0.1, 0.15) is 22.5 Å². The van der Waals surface area contributed by atoms with Crippen molar-refractivity contribution in [1.29, 1.82) is 0 Å². The van der Waals surface area contributed by atoms with Gasteiger partial charge >= 0.3 is 5.97 Å². The zero-order valence-electron chi connectivity index (χ0n) is 12.7. The van der Waals surface area contributed by atoms with Crippen LogP contribution in [0.3, 0.4) is 0 Å². The van der Waals surface area contributed by atoms with Gasteiger partial charge in [0.1, 0.15) is 0 Å². The molecule has 2 aromatic heterocycles. The van der Waals surface area contributed by atoms with E-state index in [2.05, 4.69) is 15.1 Å². The monoisotopic (exact) mass is 296 g/mol. The SMILES string of the molecule is Cc1ccccc1-c1nc2nc(C)c(CC(=O)O)c(C)n2n1. The van der Waals surface area contributed by atoms with E-state index in [9.17, 15) is 4.79 Å². The number of rotatable bonds is 3. The lowest BCUT2D eigenvalue weighted by molar-refractivity contribution is -0.136. The number of aromatic nitrogens is 4. The van der Waals surface area contributed by atoms with Gasteiger partial charge in [-0.3, -0.25) is 4.79 Å². The van der Waals surface area contributed by atoms with E-state index in [-0.39, 0.29) is 6.42 Å². The van der Waals surface area contributed by atoms with Gasteiger partial charge in [0, 0.05) is 22.5 Å². The van der Waals surface area contributed by atoms with Gasteiger partial charge in [0.25, 0.3) is 5.78 Å². The number of fused-ring (bicyclic) bond motifs is 1. The van der Waals surface area contributed by atoms with Crippen molar-refractivity contribution in [1.82, 2.24) is 19.6 Å². The highest BCUT2D eigenvalue weighted by atomic mass is 16.4. The first-order valence-corrected chi connectivity index (χ1v) is 6.98. The molecule has 0 aliphatic rings. The largest absolute Gasteiger partial charge is 0.481 e. The topological polar surface area (TPSA) is 80.4 Å². The second-order valence-electron chi connectivity index (χ2n) is 5.29. The molecule has 112 valence electrons. The number of carboxylic acids is 1. The van der Waals surface area contributed by atoms with Crippen LogP contribution in [0.15, 0.2) is 24.3 Å². The Morgan fingerprint density at radius 2 is 1.91 bits per heavy atom. The molecule has 3 rings (SSSR count). The Hall–Kier alpha value is -2.76. The lowest BCUT2D eigenvalue weighted by atomic mass is 10.1. The fourth-order valence-corrected chi connectivity index (χ4v) is 2.55. The molecule has 0 atom stereocenters. The number of benzene rings is 1. The Kier molecular flexibility index (Phi) is 3.36. The summed E-state index contributed by atoms with van der Waals surface area (Å²) in [6, 6.07) is 7.87. The molecule has 0 spiro atoms. The summed E-state index contributed by atoms with van der Waals surface area (Å²) in [7, 11) is 0. The van der Waals surface area contributed by atoms with Crippen LogP contribution < -0.4 is 0 Å². The van der Waals surface area contributed by atoms with Gasteiger partial charge in [-0.15, -0.1) is 5.10 Å². The summed E-state index contributed by atoms with van der Waals surface area (Å²) in [5, 5.41) is 13.5. The zero-order chi connectivity index (χ0) is 15.9. The number of aliphatic carboxylic acids is 1. The summed E-state index contributed by atoms with van der Waals surface area (Å²) in [6.45, 7) is 5.64. The lowest BCUT2D eigenvalue weighted by Gasteiger charge is -2.07. The van der Waals surface area contributed by atoms with Crippen LogP contribution in [0.5, 0.6) is 0 Å². The number of aryl methyl sites for hydroxylation is 3.